The van der Waals surface area contributed by atoms with Crippen LogP contribution in [0.25, 0.3) is 0 Å². The zero-order valence-electron chi connectivity index (χ0n) is 21.0. The van der Waals surface area contributed by atoms with Gasteiger partial charge < -0.3 is 9.47 Å². The number of aromatic nitrogens is 4. The van der Waals surface area contributed by atoms with Crippen LogP contribution in [-0.2, 0) is 16.0 Å². The lowest BCUT2D eigenvalue weighted by molar-refractivity contribution is 0.0597. The third kappa shape index (κ3) is 9.40. The summed E-state index contributed by atoms with van der Waals surface area (Å²) in [5.41, 5.74) is -0.423. The summed E-state index contributed by atoms with van der Waals surface area (Å²) in [6.45, 7) is 15.7. The highest BCUT2D eigenvalue weighted by atomic mass is 35.5. The molecule has 0 aliphatic heterocycles. The largest absolute Gasteiger partial charge is 0.445 e. The van der Waals surface area contributed by atoms with Crippen LogP contribution >= 0.6 is 11.6 Å². The van der Waals surface area contributed by atoms with Crippen LogP contribution in [0.15, 0.2) is 43.4 Å². The molecule has 11 heteroatoms. The third-order valence-corrected chi connectivity index (χ3v) is 4.37. The number of aryl methyl sites for hydroxylation is 1. The molecule has 0 atom stereocenters. The molecule has 2 amide bonds. The molecule has 10 nitrogen and oxygen atoms in total. The van der Waals surface area contributed by atoms with E-state index in [0.29, 0.717) is 18.7 Å². The number of rotatable bonds is 8. The molecule has 0 fully saturated rings. The molecule has 0 unspecified atom stereocenters. The van der Waals surface area contributed by atoms with Gasteiger partial charge in [0.25, 0.3) is 0 Å². The first-order valence-corrected chi connectivity index (χ1v) is 11.5. The second-order valence-electron chi connectivity index (χ2n) is 9.71. The van der Waals surface area contributed by atoms with Crippen LogP contribution in [0, 0.1) is 5.41 Å². The topological polar surface area (TPSA) is 111 Å². The molecule has 1 N–H and O–H groups in total. The lowest BCUT2D eigenvalue weighted by Crippen LogP contribution is -2.34. The highest BCUT2D eigenvalue weighted by Crippen LogP contribution is 2.28. The maximum atomic E-state index is 13.1. The van der Waals surface area contributed by atoms with Crippen molar-refractivity contribution in [2.24, 2.45) is 5.41 Å². The number of ether oxygens (including phenoxy) is 2. The van der Waals surface area contributed by atoms with E-state index < -0.39 is 17.8 Å². The van der Waals surface area contributed by atoms with E-state index in [4.69, 9.17) is 21.1 Å². The Bertz CT molecular complexity index is 1070. The van der Waals surface area contributed by atoms with Gasteiger partial charge in [-0.25, -0.2) is 19.5 Å². The van der Waals surface area contributed by atoms with E-state index in [-0.39, 0.29) is 28.8 Å². The lowest BCUT2D eigenvalue weighted by atomic mass is 9.96. The first-order valence-electron chi connectivity index (χ1n) is 11.1. The molecule has 190 valence electrons. The second kappa shape index (κ2) is 11.8. The minimum Gasteiger partial charge on any atom is -0.445 e. The van der Waals surface area contributed by atoms with Crippen LogP contribution in [0.2, 0.25) is 5.02 Å². The highest BCUT2D eigenvalue weighted by Gasteiger charge is 2.29. The zero-order valence-corrected chi connectivity index (χ0v) is 21.8. The van der Waals surface area contributed by atoms with Crippen LogP contribution in [0.4, 0.5) is 27.0 Å². The van der Waals surface area contributed by atoms with Crippen LogP contribution in [0.3, 0.4) is 0 Å². The van der Waals surface area contributed by atoms with Gasteiger partial charge >= 0.3 is 12.2 Å². The molecule has 2 aromatic rings. The molecular weight excluding hydrogens is 472 g/mol. The van der Waals surface area contributed by atoms with E-state index in [9.17, 15) is 9.59 Å². The Morgan fingerprint density at radius 1 is 1.23 bits per heavy atom. The number of hydrogen-bond acceptors (Lipinski definition) is 7. The number of carbonyl (C=O) groups excluding carboxylic acids is 2. The predicted molar refractivity (Wildman–Crippen MR) is 136 cm³/mol. The molecule has 2 rings (SSSR count). The number of amides is 2. The zero-order chi connectivity index (χ0) is 26.2. The number of nitrogens with one attached hydrogen (secondary N) is 1. The number of carbonyl (C=O) groups is 2. The SMILES string of the molecule is C=CCCn1cc(N(C(=O)OC(C)(C)C)c2ncc(Cl)c(NC(=O)OCC=CC(C)(C)C)n2)cn1. The fraction of sp³-hybridized carbons (Fsp3) is 0.458. The van der Waals surface area contributed by atoms with Gasteiger partial charge in [-0.2, -0.15) is 10.1 Å². The maximum Gasteiger partial charge on any atom is 0.422 e. The van der Waals surface area contributed by atoms with E-state index in [1.807, 2.05) is 26.8 Å². The molecule has 0 aliphatic carbocycles. The van der Waals surface area contributed by atoms with Crippen molar-refractivity contribution in [3.63, 3.8) is 0 Å². The summed E-state index contributed by atoms with van der Waals surface area (Å²) in [4.78, 5) is 34.9. The second-order valence-corrected chi connectivity index (χ2v) is 10.1. The summed E-state index contributed by atoms with van der Waals surface area (Å²) >= 11 is 6.19. The van der Waals surface area contributed by atoms with Crippen LogP contribution < -0.4 is 10.2 Å². The number of hydrogen-bond donors (Lipinski definition) is 1. The minimum absolute atomic E-state index is 0.0194. The molecule has 0 radical (unpaired) electrons. The minimum atomic E-state index is -0.772. The van der Waals surface area contributed by atoms with E-state index in [0.717, 1.165) is 4.90 Å². The molecule has 0 aromatic carbocycles. The average Bonchev–Trinajstić information content (AvgIpc) is 3.18. The monoisotopic (exact) mass is 504 g/mol. The molecule has 35 heavy (non-hydrogen) atoms. The molecule has 0 bridgehead atoms. The van der Waals surface area contributed by atoms with Gasteiger partial charge in [0.2, 0.25) is 5.95 Å². The Hall–Kier alpha value is -3.40. The number of nitrogens with zero attached hydrogens (tertiary/aromatic N) is 5. The molecule has 2 heterocycles. The Labute approximate surface area is 211 Å². The summed E-state index contributed by atoms with van der Waals surface area (Å²) in [7, 11) is 0. The van der Waals surface area contributed by atoms with E-state index >= 15 is 0 Å². The standard InChI is InChI=1S/C24H33ClN6O4/c1-8-9-12-30-16-17(14-27-30)31(22(33)35-24(5,6)7)20-26-15-18(25)19(28-20)29-21(32)34-13-10-11-23(2,3)4/h8,10-11,14-16H,1,9,12-13H2,2-7H3,(H,26,28,29,32). The quantitative estimate of drug-likeness (QED) is 0.430. The summed E-state index contributed by atoms with van der Waals surface area (Å²) in [6.07, 6.45) is 9.11. The molecule has 0 spiro atoms. The number of anilines is 3. The van der Waals surface area contributed by atoms with Gasteiger partial charge in [-0.1, -0.05) is 50.6 Å². The molecule has 0 saturated carbocycles. The van der Waals surface area contributed by atoms with Crippen LogP contribution in [0.1, 0.15) is 48.0 Å². The average molecular weight is 505 g/mol. The van der Waals surface area contributed by atoms with Gasteiger partial charge in [0.1, 0.15) is 17.2 Å². The summed E-state index contributed by atoms with van der Waals surface area (Å²) in [5.74, 6) is -0.0797. The van der Waals surface area contributed by atoms with Gasteiger partial charge in [0.15, 0.2) is 5.82 Å². The molecule has 0 aliphatic rings. The lowest BCUT2D eigenvalue weighted by Gasteiger charge is -2.25. The summed E-state index contributed by atoms with van der Waals surface area (Å²) in [6, 6.07) is 0. The van der Waals surface area contributed by atoms with E-state index in [1.54, 1.807) is 43.8 Å². The fourth-order valence-electron chi connectivity index (χ4n) is 2.64. The van der Waals surface area contributed by atoms with Gasteiger partial charge in [0.05, 0.1) is 18.1 Å². The van der Waals surface area contributed by atoms with Gasteiger partial charge in [-0.3, -0.25) is 10.00 Å². The van der Waals surface area contributed by atoms with E-state index in [2.05, 4.69) is 27.0 Å². The van der Waals surface area contributed by atoms with E-state index in [1.165, 1.54) is 12.4 Å². The Balaban J connectivity index is 2.29. The molecular formula is C24H33ClN6O4. The third-order valence-electron chi connectivity index (χ3n) is 4.10. The van der Waals surface area contributed by atoms with Gasteiger partial charge in [-0.15, -0.1) is 6.58 Å². The van der Waals surface area contributed by atoms with Crippen LogP contribution in [0.5, 0.6) is 0 Å². The fourth-order valence-corrected chi connectivity index (χ4v) is 2.77. The van der Waals surface area contributed by atoms with Gasteiger partial charge in [-0.05, 0) is 32.6 Å². The first kappa shape index (κ1) is 27.8. The maximum absolute atomic E-state index is 13.1. The summed E-state index contributed by atoms with van der Waals surface area (Å²) < 4.78 is 12.4. The van der Waals surface area contributed by atoms with Crippen molar-refractivity contribution in [2.75, 3.05) is 16.8 Å². The van der Waals surface area contributed by atoms with Gasteiger partial charge in [0, 0.05) is 12.7 Å². The summed E-state index contributed by atoms with van der Waals surface area (Å²) in [5, 5.41) is 6.83. The van der Waals surface area contributed by atoms with Crippen molar-refractivity contribution in [2.45, 2.75) is 60.1 Å². The Kier molecular flexibility index (Phi) is 9.41. The van der Waals surface area contributed by atoms with Crippen molar-refractivity contribution < 1.29 is 19.1 Å². The van der Waals surface area contributed by atoms with Crippen molar-refractivity contribution in [1.29, 1.82) is 0 Å². The van der Waals surface area contributed by atoms with Crippen LogP contribution in [-0.4, -0.2) is 44.1 Å². The van der Waals surface area contributed by atoms with Crippen molar-refractivity contribution in [3.05, 3.63) is 48.4 Å². The smallest absolute Gasteiger partial charge is 0.422 e. The van der Waals surface area contributed by atoms with Crippen molar-refractivity contribution in [1.82, 2.24) is 19.7 Å². The normalized spacial score (nSPS) is 11.9. The Morgan fingerprint density at radius 2 is 1.94 bits per heavy atom. The van der Waals surface area contributed by atoms with Crippen molar-refractivity contribution in [3.8, 4) is 0 Å². The number of allylic oxidation sites excluding steroid dienone is 2. The number of halogens is 1. The molecule has 0 saturated heterocycles. The Morgan fingerprint density at radius 3 is 2.57 bits per heavy atom. The molecule has 2 aromatic heterocycles. The predicted octanol–water partition coefficient (Wildman–Crippen LogP) is 6.13. The van der Waals surface area contributed by atoms with Crippen molar-refractivity contribution >= 4 is 41.2 Å². The first-order chi connectivity index (χ1) is 16.3. The highest BCUT2D eigenvalue weighted by molar-refractivity contribution is 6.33.